The number of hydrogen-bond acceptors (Lipinski definition) is 5. The molecule has 0 aliphatic heterocycles. The fourth-order valence-corrected chi connectivity index (χ4v) is 3.58. The van der Waals surface area contributed by atoms with E-state index in [9.17, 15) is 4.79 Å². The Balaban J connectivity index is 1.67. The van der Waals surface area contributed by atoms with Crippen LogP contribution < -0.4 is 0 Å². The highest BCUT2D eigenvalue weighted by atomic mass is 32.2. The lowest BCUT2D eigenvalue weighted by Crippen LogP contribution is -2.27. The van der Waals surface area contributed by atoms with Crippen LogP contribution in [0, 0.1) is 5.92 Å². The topological polar surface area (TPSA) is 64.2 Å². The SMILES string of the molecule is CC(C)Cn1c(SCC(=O)N(C)Cc2ccccc2)nnc1-c1ccco1. The highest BCUT2D eigenvalue weighted by Gasteiger charge is 2.19. The third kappa shape index (κ3) is 5.01. The van der Waals surface area contributed by atoms with Gasteiger partial charge >= 0.3 is 0 Å². The second-order valence-electron chi connectivity index (χ2n) is 6.81. The van der Waals surface area contributed by atoms with Crippen LogP contribution >= 0.6 is 11.8 Å². The molecule has 0 spiro atoms. The van der Waals surface area contributed by atoms with Gasteiger partial charge in [0.25, 0.3) is 0 Å². The number of carbonyl (C=O) groups is 1. The van der Waals surface area contributed by atoms with Crippen LogP contribution in [0.2, 0.25) is 0 Å². The molecule has 7 heteroatoms. The fraction of sp³-hybridized carbons (Fsp3) is 0.350. The lowest BCUT2D eigenvalue weighted by atomic mass is 10.2. The second kappa shape index (κ2) is 8.90. The minimum Gasteiger partial charge on any atom is -0.461 e. The van der Waals surface area contributed by atoms with Crippen molar-refractivity contribution < 1.29 is 9.21 Å². The Morgan fingerprint density at radius 3 is 2.63 bits per heavy atom. The number of furan rings is 1. The van der Waals surface area contributed by atoms with E-state index in [-0.39, 0.29) is 5.91 Å². The molecule has 6 nitrogen and oxygen atoms in total. The van der Waals surface area contributed by atoms with Crippen LogP contribution in [-0.4, -0.2) is 38.4 Å². The molecule has 142 valence electrons. The summed E-state index contributed by atoms with van der Waals surface area (Å²) in [4.78, 5) is 14.3. The van der Waals surface area contributed by atoms with Gasteiger partial charge in [-0.3, -0.25) is 9.36 Å². The first-order chi connectivity index (χ1) is 13.0. The predicted molar refractivity (Wildman–Crippen MR) is 106 cm³/mol. The van der Waals surface area contributed by atoms with Crippen LogP contribution in [0.15, 0.2) is 58.3 Å². The zero-order valence-corrected chi connectivity index (χ0v) is 16.6. The molecule has 0 aliphatic carbocycles. The molecular weight excluding hydrogens is 360 g/mol. The lowest BCUT2D eigenvalue weighted by Gasteiger charge is -2.17. The normalized spacial score (nSPS) is 11.1. The van der Waals surface area contributed by atoms with E-state index >= 15 is 0 Å². The molecule has 0 bridgehead atoms. The molecule has 0 atom stereocenters. The molecular formula is C20H24N4O2S. The van der Waals surface area contributed by atoms with Crippen LogP contribution in [0.4, 0.5) is 0 Å². The number of aromatic nitrogens is 3. The van der Waals surface area contributed by atoms with E-state index in [2.05, 4.69) is 24.0 Å². The first-order valence-corrected chi connectivity index (χ1v) is 9.91. The van der Waals surface area contributed by atoms with E-state index in [1.54, 1.807) is 11.2 Å². The first-order valence-electron chi connectivity index (χ1n) is 8.92. The van der Waals surface area contributed by atoms with E-state index in [0.717, 1.165) is 17.3 Å². The Morgan fingerprint density at radius 2 is 1.96 bits per heavy atom. The van der Waals surface area contributed by atoms with Crippen molar-refractivity contribution >= 4 is 17.7 Å². The number of benzene rings is 1. The average Bonchev–Trinajstić information content (AvgIpc) is 3.30. The van der Waals surface area contributed by atoms with Gasteiger partial charge in [0.05, 0.1) is 12.0 Å². The van der Waals surface area contributed by atoms with E-state index < -0.39 is 0 Å². The smallest absolute Gasteiger partial charge is 0.233 e. The highest BCUT2D eigenvalue weighted by Crippen LogP contribution is 2.25. The molecule has 0 saturated carbocycles. The van der Waals surface area contributed by atoms with Crippen molar-refractivity contribution in [3.05, 3.63) is 54.3 Å². The Labute approximate surface area is 163 Å². The van der Waals surface area contributed by atoms with Crippen LogP contribution in [0.25, 0.3) is 11.6 Å². The monoisotopic (exact) mass is 384 g/mol. The molecule has 3 rings (SSSR count). The van der Waals surface area contributed by atoms with Crippen LogP contribution in [-0.2, 0) is 17.9 Å². The minimum absolute atomic E-state index is 0.0579. The molecule has 3 aromatic rings. The lowest BCUT2D eigenvalue weighted by molar-refractivity contribution is -0.127. The Kier molecular flexibility index (Phi) is 6.34. The van der Waals surface area contributed by atoms with Gasteiger partial charge in [-0.05, 0) is 23.6 Å². The maximum absolute atomic E-state index is 12.5. The van der Waals surface area contributed by atoms with Gasteiger partial charge in [0.1, 0.15) is 0 Å². The number of carbonyl (C=O) groups excluding carboxylic acids is 1. The van der Waals surface area contributed by atoms with E-state index in [4.69, 9.17) is 4.42 Å². The second-order valence-corrected chi connectivity index (χ2v) is 7.75. The van der Waals surface area contributed by atoms with Gasteiger partial charge in [-0.15, -0.1) is 10.2 Å². The van der Waals surface area contributed by atoms with E-state index in [1.807, 2.05) is 54.1 Å². The van der Waals surface area contributed by atoms with Gasteiger partial charge in [0.15, 0.2) is 16.7 Å². The number of nitrogens with zero attached hydrogens (tertiary/aromatic N) is 4. The molecule has 0 radical (unpaired) electrons. The van der Waals surface area contributed by atoms with Crippen molar-refractivity contribution in [2.24, 2.45) is 5.92 Å². The van der Waals surface area contributed by atoms with Gasteiger partial charge in [-0.1, -0.05) is 55.9 Å². The zero-order chi connectivity index (χ0) is 19.2. The third-order valence-electron chi connectivity index (χ3n) is 4.02. The maximum atomic E-state index is 12.5. The molecule has 2 heterocycles. The fourth-order valence-electron chi connectivity index (χ4n) is 2.70. The van der Waals surface area contributed by atoms with Crippen molar-refractivity contribution in [2.75, 3.05) is 12.8 Å². The molecule has 0 unspecified atom stereocenters. The molecule has 2 aromatic heterocycles. The zero-order valence-electron chi connectivity index (χ0n) is 15.8. The standard InChI is InChI=1S/C20H24N4O2S/c1-15(2)12-24-19(17-10-7-11-26-17)21-22-20(24)27-14-18(25)23(3)13-16-8-5-4-6-9-16/h4-11,15H,12-14H2,1-3H3. The molecule has 0 fully saturated rings. The summed E-state index contributed by atoms with van der Waals surface area (Å²) in [5, 5.41) is 9.29. The van der Waals surface area contributed by atoms with E-state index in [0.29, 0.717) is 29.8 Å². The summed E-state index contributed by atoms with van der Waals surface area (Å²) in [6.45, 7) is 5.63. The molecule has 27 heavy (non-hydrogen) atoms. The van der Waals surface area contributed by atoms with Crippen molar-refractivity contribution in [3.63, 3.8) is 0 Å². The largest absolute Gasteiger partial charge is 0.461 e. The summed E-state index contributed by atoms with van der Waals surface area (Å²) in [5.41, 5.74) is 1.11. The summed E-state index contributed by atoms with van der Waals surface area (Å²) < 4.78 is 7.50. The Hall–Kier alpha value is -2.54. The number of amides is 1. The quantitative estimate of drug-likeness (QED) is 0.550. The van der Waals surface area contributed by atoms with Crippen molar-refractivity contribution in [1.29, 1.82) is 0 Å². The molecule has 0 aliphatic rings. The summed E-state index contributed by atoms with van der Waals surface area (Å²) in [6.07, 6.45) is 1.62. The van der Waals surface area contributed by atoms with Crippen LogP contribution in [0.5, 0.6) is 0 Å². The molecule has 0 saturated heterocycles. The number of hydrogen-bond donors (Lipinski definition) is 0. The molecule has 0 N–H and O–H groups in total. The molecule has 1 aromatic carbocycles. The maximum Gasteiger partial charge on any atom is 0.233 e. The predicted octanol–water partition coefficient (Wildman–Crippen LogP) is 3.94. The highest BCUT2D eigenvalue weighted by molar-refractivity contribution is 7.99. The van der Waals surface area contributed by atoms with Crippen LogP contribution in [0.3, 0.4) is 0 Å². The Bertz CT molecular complexity index is 860. The van der Waals surface area contributed by atoms with Crippen LogP contribution in [0.1, 0.15) is 19.4 Å². The molecule has 1 amide bonds. The van der Waals surface area contributed by atoms with Crippen molar-refractivity contribution in [3.8, 4) is 11.6 Å². The summed E-state index contributed by atoms with van der Waals surface area (Å²) in [5.74, 6) is 2.18. The summed E-state index contributed by atoms with van der Waals surface area (Å²) in [7, 11) is 1.82. The van der Waals surface area contributed by atoms with E-state index in [1.165, 1.54) is 11.8 Å². The van der Waals surface area contributed by atoms with Gasteiger partial charge < -0.3 is 9.32 Å². The van der Waals surface area contributed by atoms with Gasteiger partial charge in [-0.25, -0.2) is 0 Å². The van der Waals surface area contributed by atoms with Gasteiger partial charge in [0, 0.05) is 20.1 Å². The Morgan fingerprint density at radius 1 is 1.19 bits per heavy atom. The van der Waals surface area contributed by atoms with Crippen molar-refractivity contribution in [2.45, 2.75) is 32.1 Å². The minimum atomic E-state index is 0.0579. The van der Waals surface area contributed by atoms with Gasteiger partial charge in [-0.2, -0.15) is 0 Å². The first kappa shape index (κ1) is 19.2. The summed E-state index contributed by atoms with van der Waals surface area (Å²) >= 11 is 1.41. The number of thioether (sulfide) groups is 1. The van der Waals surface area contributed by atoms with Crippen molar-refractivity contribution in [1.82, 2.24) is 19.7 Å². The third-order valence-corrected chi connectivity index (χ3v) is 4.97. The summed E-state index contributed by atoms with van der Waals surface area (Å²) in [6, 6.07) is 13.7. The average molecular weight is 385 g/mol. The number of rotatable bonds is 8. The van der Waals surface area contributed by atoms with Gasteiger partial charge in [0.2, 0.25) is 5.91 Å².